The number of amides is 2. The summed E-state index contributed by atoms with van der Waals surface area (Å²) >= 11 is 0. The van der Waals surface area contributed by atoms with Crippen LogP contribution < -0.4 is 16.4 Å². The monoisotopic (exact) mass is 251 g/mol. The maximum atomic E-state index is 13.2. The lowest BCUT2D eigenvalue weighted by Gasteiger charge is -2.11. The predicted octanol–water partition coefficient (Wildman–Crippen LogP) is 0.615. The van der Waals surface area contributed by atoms with Crippen molar-refractivity contribution in [2.75, 3.05) is 11.9 Å². The van der Waals surface area contributed by atoms with Crippen LogP contribution in [0.1, 0.15) is 23.2 Å². The number of carbonyl (C=O) groups is 2. The van der Waals surface area contributed by atoms with E-state index in [2.05, 4.69) is 10.6 Å². The van der Waals surface area contributed by atoms with Crippen molar-refractivity contribution >= 4 is 17.5 Å². The van der Waals surface area contributed by atoms with Gasteiger partial charge in [0.05, 0.1) is 11.6 Å². The maximum Gasteiger partial charge on any atom is 0.251 e. The molecule has 0 radical (unpaired) electrons. The van der Waals surface area contributed by atoms with E-state index in [9.17, 15) is 14.0 Å². The smallest absolute Gasteiger partial charge is 0.251 e. The van der Waals surface area contributed by atoms with Crippen LogP contribution in [-0.4, -0.2) is 24.4 Å². The first-order chi connectivity index (χ1) is 8.58. The molecule has 96 valence electrons. The van der Waals surface area contributed by atoms with E-state index in [1.54, 1.807) is 0 Å². The summed E-state index contributed by atoms with van der Waals surface area (Å²) in [6.07, 6.45) is 1.73. The fourth-order valence-corrected chi connectivity index (χ4v) is 1.93. The number of rotatable bonds is 3. The molecule has 1 aromatic carbocycles. The highest BCUT2D eigenvalue weighted by molar-refractivity contribution is 5.98. The highest BCUT2D eigenvalue weighted by atomic mass is 19.1. The van der Waals surface area contributed by atoms with Crippen LogP contribution in [0.5, 0.6) is 0 Å². The van der Waals surface area contributed by atoms with Gasteiger partial charge in [-0.3, -0.25) is 9.59 Å². The minimum Gasteiger partial charge on any atom is -0.366 e. The highest BCUT2D eigenvalue weighted by Gasteiger charge is 2.22. The average molecular weight is 251 g/mol. The standard InChI is InChI=1S/C12H14FN3O2/c13-9-4-3-7(6-8(9)11(14)17)16-12(18)10-2-1-5-15-10/h3-4,6,10,15H,1-2,5H2,(H2,14,17)(H,16,18)/t10-/m0/s1. The third-order valence-corrected chi connectivity index (χ3v) is 2.88. The molecule has 1 heterocycles. The van der Waals surface area contributed by atoms with E-state index in [4.69, 9.17) is 5.73 Å². The molecule has 18 heavy (non-hydrogen) atoms. The summed E-state index contributed by atoms with van der Waals surface area (Å²) in [4.78, 5) is 22.8. The third-order valence-electron chi connectivity index (χ3n) is 2.88. The van der Waals surface area contributed by atoms with E-state index in [-0.39, 0.29) is 17.5 Å². The minimum absolute atomic E-state index is 0.186. The molecule has 6 heteroatoms. The highest BCUT2D eigenvalue weighted by Crippen LogP contribution is 2.15. The quantitative estimate of drug-likeness (QED) is 0.736. The summed E-state index contributed by atoms with van der Waals surface area (Å²) in [6, 6.07) is 3.52. The number of nitrogens with two attached hydrogens (primary N) is 1. The predicted molar refractivity (Wildman–Crippen MR) is 64.6 cm³/mol. The van der Waals surface area contributed by atoms with Crippen molar-refractivity contribution in [3.05, 3.63) is 29.6 Å². The Hall–Kier alpha value is -1.95. The molecule has 4 N–H and O–H groups in total. The first-order valence-corrected chi connectivity index (χ1v) is 5.71. The number of carbonyl (C=O) groups excluding carboxylic acids is 2. The fraction of sp³-hybridized carbons (Fsp3) is 0.333. The number of primary amides is 1. The van der Waals surface area contributed by atoms with Gasteiger partial charge in [0.2, 0.25) is 5.91 Å². The largest absolute Gasteiger partial charge is 0.366 e. The van der Waals surface area contributed by atoms with Gasteiger partial charge in [-0.15, -0.1) is 0 Å². The molecule has 2 amide bonds. The maximum absolute atomic E-state index is 13.2. The molecule has 0 aliphatic carbocycles. The molecule has 1 atom stereocenters. The van der Waals surface area contributed by atoms with E-state index in [0.717, 1.165) is 25.5 Å². The number of hydrogen-bond donors (Lipinski definition) is 3. The Morgan fingerprint density at radius 3 is 2.83 bits per heavy atom. The van der Waals surface area contributed by atoms with Crippen molar-refractivity contribution in [1.29, 1.82) is 0 Å². The third kappa shape index (κ3) is 2.65. The summed E-state index contributed by atoms with van der Waals surface area (Å²) in [5.41, 5.74) is 5.17. The summed E-state index contributed by atoms with van der Waals surface area (Å²) in [6.45, 7) is 0.814. The van der Waals surface area contributed by atoms with Crippen LogP contribution in [0.4, 0.5) is 10.1 Å². The molecule has 0 spiro atoms. The second kappa shape index (κ2) is 5.14. The van der Waals surface area contributed by atoms with Crippen LogP contribution in [0.15, 0.2) is 18.2 Å². The molecule has 2 rings (SSSR count). The van der Waals surface area contributed by atoms with Gasteiger partial charge in [-0.2, -0.15) is 0 Å². The topological polar surface area (TPSA) is 84.2 Å². The number of halogens is 1. The van der Waals surface area contributed by atoms with Crippen LogP contribution >= 0.6 is 0 Å². The van der Waals surface area contributed by atoms with Gasteiger partial charge in [0.1, 0.15) is 5.82 Å². The second-order valence-corrected chi connectivity index (χ2v) is 4.20. The van der Waals surface area contributed by atoms with Gasteiger partial charge in [-0.25, -0.2) is 4.39 Å². The molecule has 1 aliphatic rings. The summed E-state index contributed by atoms with van der Waals surface area (Å²) < 4.78 is 13.2. The molecular weight excluding hydrogens is 237 g/mol. The average Bonchev–Trinajstić information content (AvgIpc) is 2.85. The lowest BCUT2D eigenvalue weighted by Crippen LogP contribution is -2.35. The Bertz CT molecular complexity index is 484. The molecule has 0 unspecified atom stereocenters. The molecule has 1 saturated heterocycles. The number of anilines is 1. The van der Waals surface area contributed by atoms with Crippen LogP contribution in [-0.2, 0) is 4.79 Å². The molecule has 0 saturated carbocycles. The molecular formula is C12H14FN3O2. The van der Waals surface area contributed by atoms with Crippen molar-refractivity contribution in [2.24, 2.45) is 5.73 Å². The lowest BCUT2D eigenvalue weighted by atomic mass is 10.1. The van der Waals surface area contributed by atoms with Crippen molar-refractivity contribution in [1.82, 2.24) is 5.32 Å². The Labute approximate surface area is 104 Å². The van der Waals surface area contributed by atoms with E-state index < -0.39 is 11.7 Å². The zero-order chi connectivity index (χ0) is 13.1. The van der Waals surface area contributed by atoms with Crippen LogP contribution in [0.25, 0.3) is 0 Å². The van der Waals surface area contributed by atoms with Gasteiger partial charge in [-0.05, 0) is 37.6 Å². The van der Waals surface area contributed by atoms with Crippen LogP contribution in [0, 0.1) is 5.82 Å². The van der Waals surface area contributed by atoms with Gasteiger partial charge in [0, 0.05) is 5.69 Å². The number of hydrogen-bond acceptors (Lipinski definition) is 3. The van der Waals surface area contributed by atoms with Gasteiger partial charge in [0.25, 0.3) is 5.91 Å². The summed E-state index contributed by atoms with van der Waals surface area (Å²) in [5, 5.41) is 5.68. The Morgan fingerprint density at radius 2 is 2.22 bits per heavy atom. The summed E-state index contributed by atoms with van der Waals surface area (Å²) in [5.74, 6) is -1.74. The van der Waals surface area contributed by atoms with Crippen LogP contribution in [0.2, 0.25) is 0 Å². The summed E-state index contributed by atoms with van der Waals surface area (Å²) in [7, 11) is 0. The lowest BCUT2D eigenvalue weighted by molar-refractivity contribution is -0.117. The first-order valence-electron chi connectivity index (χ1n) is 5.71. The van der Waals surface area contributed by atoms with Gasteiger partial charge >= 0.3 is 0 Å². The Balaban J connectivity index is 2.11. The molecule has 0 bridgehead atoms. The van der Waals surface area contributed by atoms with Gasteiger partial charge < -0.3 is 16.4 Å². The minimum atomic E-state index is -0.859. The zero-order valence-corrected chi connectivity index (χ0v) is 9.70. The zero-order valence-electron chi connectivity index (χ0n) is 9.70. The second-order valence-electron chi connectivity index (χ2n) is 4.20. The Kier molecular flexibility index (Phi) is 3.57. The Morgan fingerprint density at radius 1 is 1.44 bits per heavy atom. The van der Waals surface area contributed by atoms with E-state index in [0.29, 0.717) is 5.69 Å². The van der Waals surface area contributed by atoms with Crippen molar-refractivity contribution in [3.8, 4) is 0 Å². The van der Waals surface area contributed by atoms with E-state index >= 15 is 0 Å². The first kappa shape index (κ1) is 12.5. The van der Waals surface area contributed by atoms with Gasteiger partial charge in [-0.1, -0.05) is 0 Å². The molecule has 1 fully saturated rings. The normalized spacial score (nSPS) is 18.6. The van der Waals surface area contributed by atoms with Crippen molar-refractivity contribution < 1.29 is 14.0 Å². The molecule has 1 aromatic rings. The SMILES string of the molecule is NC(=O)c1cc(NC(=O)[C@@H]2CCCN2)ccc1F. The molecule has 5 nitrogen and oxygen atoms in total. The van der Waals surface area contributed by atoms with Gasteiger partial charge in [0.15, 0.2) is 0 Å². The number of benzene rings is 1. The molecule has 0 aromatic heterocycles. The van der Waals surface area contributed by atoms with Crippen molar-refractivity contribution in [3.63, 3.8) is 0 Å². The van der Waals surface area contributed by atoms with E-state index in [1.165, 1.54) is 12.1 Å². The van der Waals surface area contributed by atoms with E-state index in [1.807, 2.05) is 0 Å². The molecule has 1 aliphatic heterocycles. The van der Waals surface area contributed by atoms with Crippen LogP contribution in [0.3, 0.4) is 0 Å². The van der Waals surface area contributed by atoms with Crippen molar-refractivity contribution in [2.45, 2.75) is 18.9 Å². The fourth-order valence-electron chi connectivity index (χ4n) is 1.93. The number of nitrogens with one attached hydrogen (secondary N) is 2.